The van der Waals surface area contributed by atoms with Crippen LogP contribution in [0.4, 0.5) is 0 Å². The molecular formula is C19H29N3O3S. The molecule has 1 saturated heterocycles. The minimum absolute atomic E-state index is 0.554. The van der Waals surface area contributed by atoms with Crippen molar-refractivity contribution in [1.82, 2.24) is 15.1 Å². The van der Waals surface area contributed by atoms with Crippen LogP contribution in [0.1, 0.15) is 18.4 Å². The summed E-state index contributed by atoms with van der Waals surface area (Å²) in [7, 11) is 3.32. The third kappa shape index (κ3) is 5.46. The number of ether oxygens (including phenoxy) is 3. The molecule has 1 aromatic rings. The van der Waals surface area contributed by atoms with E-state index in [0.29, 0.717) is 6.04 Å². The SMILES string of the molecule is COc1ccc(CN(CCN2CCOCC2)C(=S)NC2CC2)cc1OC. The van der Waals surface area contributed by atoms with E-state index in [4.69, 9.17) is 26.4 Å². The van der Waals surface area contributed by atoms with Crippen molar-refractivity contribution in [1.29, 1.82) is 0 Å². The van der Waals surface area contributed by atoms with Gasteiger partial charge in [-0.2, -0.15) is 0 Å². The van der Waals surface area contributed by atoms with Crippen molar-refractivity contribution < 1.29 is 14.2 Å². The predicted molar refractivity (Wildman–Crippen MR) is 106 cm³/mol. The first-order valence-corrected chi connectivity index (χ1v) is 9.67. The first kappa shape index (κ1) is 19.2. The van der Waals surface area contributed by atoms with Gasteiger partial charge in [0.05, 0.1) is 27.4 Å². The van der Waals surface area contributed by atoms with Crippen molar-refractivity contribution in [3.63, 3.8) is 0 Å². The predicted octanol–water partition coefficient (Wildman–Crippen LogP) is 1.87. The summed E-state index contributed by atoms with van der Waals surface area (Å²) in [6.07, 6.45) is 2.43. The molecule has 2 fully saturated rings. The van der Waals surface area contributed by atoms with Gasteiger partial charge >= 0.3 is 0 Å². The fraction of sp³-hybridized carbons (Fsp3) is 0.632. The quantitative estimate of drug-likeness (QED) is 0.692. The van der Waals surface area contributed by atoms with Gasteiger partial charge in [0.15, 0.2) is 16.6 Å². The Morgan fingerprint density at radius 2 is 1.96 bits per heavy atom. The van der Waals surface area contributed by atoms with Crippen LogP contribution in [0.25, 0.3) is 0 Å². The molecule has 3 rings (SSSR count). The van der Waals surface area contributed by atoms with Gasteiger partial charge in [-0.25, -0.2) is 0 Å². The van der Waals surface area contributed by atoms with Crippen molar-refractivity contribution in [2.75, 3.05) is 53.6 Å². The molecule has 6 nitrogen and oxygen atoms in total. The number of nitrogens with one attached hydrogen (secondary N) is 1. The van der Waals surface area contributed by atoms with Gasteiger partial charge in [0, 0.05) is 38.8 Å². The van der Waals surface area contributed by atoms with Gasteiger partial charge in [-0.15, -0.1) is 0 Å². The third-order valence-corrected chi connectivity index (χ3v) is 5.18. The number of morpholine rings is 1. The largest absolute Gasteiger partial charge is 0.493 e. The van der Waals surface area contributed by atoms with Gasteiger partial charge in [-0.05, 0) is 42.8 Å². The second kappa shape index (κ2) is 9.39. The molecule has 1 aliphatic heterocycles. The van der Waals surface area contributed by atoms with E-state index in [-0.39, 0.29) is 0 Å². The van der Waals surface area contributed by atoms with Crippen LogP contribution in [0.2, 0.25) is 0 Å². The Kier molecular flexibility index (Phi) is 6.93. The fourth-order valence-electron chi connectivity index (χ4n) is 3.03. The van der Waals surface area contributed by atoms with E-state index < -0.39 is 0 Å². The Balaban J connectivity index is 1.64. The van der Waals surface area contributed by atoms with Crippen LogP contribution in [0.5, 0.6) is 11.5 Å². The number of methoxy groups -OCH3 is 2. The molecule has 0 spiro atoms. The lowest BCUT2D eigenvalue weighted by Crippen LogP contribution is -2.46. The zero-order valence-corrected chi connectivity index (χ0v) is 16.5. The van der Waals surface area contributed by atoms with Gasteiger partial charge < -0.3 is 24.4 Å². The molecule has 0 unspecified atom stereocenters. The normalized spacial score (nSPS) is 17.6. The first-order chi connectivity index (χ1) is 12.7. The van der Waals surface area contributed by atoms with Crippen LogP contribution >= 0.6 is 12.2 Å². The van der Waals surface area contributed by atoms with Crippen LogP contribution in [0.15, 0.2) is 18.2 Å². The van der Waals surface area contributed by atoms with Crippen molar-refractivity contribution in [2.24, 2.45) is 0 Å². The highest BCUT2D eigenvalue weighted by molar-refractivity contribution is 7.80. The lowest BCUT2D eigenvalue weighted by molar-refractivity contribution is 0.0357. The van der Waals surface area contributed by atoms with E-state index in [0.717, 1.165) is 68.1 Å². The van der Waals surface area contributed by atoms with Gasteiger partial charge in [0.2, 0.25) is 0 Å². The Hall–Kier alpha value is -1.57. The first-order valence-electron chi connectivity index (χ1n) is 9.26. The van der Waals surface area contributed by atoms with Crippen molar-refractivity contribution >= 4 is 17.3 Å². The van der Waals surface area contributed by atoms with Crippen LogP contribution in [-0.4, -0.2) is 74.6 Å². The lowest BCUT2D eigenvalue weighted by atomic mass is 10.2. The Bertz CT molecular complexity index is 604. The number of hydrogen-bond acceptors (Lipinski definition) is 5. The summed E-state index contributed by atoms with van der Waals surface area (Å²) in [5, 5.41) is 4.31. The van der Waals surface area contributed by atoms with Crippen molar-refractivity contribution in [3.05, 3.63) is 23.8 Å². The molecule has 0 atom stereocenters. The smallest absolute Gasteiger partial charge is 0.169 e. The molecule has 2 aliphatic rings. The highest BCUT2D eigenvalue weighted by Gasteiger charge is 2.24. The molecule has 26 heavy (non-hydrogen) atoms. The Labute approximate surface area is 161 Å². The zero-order valence-electron chi connectivity index (χ0n) is 15.7. The highest BCUT2D eigenvalue weighted by Crippen LogP contribution is 2.28. The summed E-state index contributed by atoms with van der Waals surface area (Å²) in [5.74, 6) is 1.49. The molecule has 1 N–H and O–H groups in total. The number of hydrogen-bond donors (Lipinski definition) is 1. The van der Waals surface area contributed by atoms with Gasteiger partial charge in [0.25, 0.3) is 0 Å². The number of nitrogens with zero attached hydrogens (tertiary/aromatic N) is 2. The second-order valence-electron chi connectivity index (χ2n) is 6.79. The van der Waals surface area contributed by atoms with E-state index in [1.54, 1.807) is 14.2 Å². The number of thiocarbonyl (C=S) groups is 1. The van der Waals surface area contributed by atoms with E-state index >= 15 is 0 Å². The van der Waals surface area contributed by atoms with Crippen LogP contribution in [-0.2, 0) is 11.3 Å². The molecule has 1 aromatic carbocycles. The van der Waals surface area contributed by atoms with Crippen molar-refractivity contribution in [3.8, 4) is 11.5 Å². The van der Waals surface area contributed by atoms with E-state index in [1.165, 1.54) is 12.8 Å². The fourth-order valence-corrected chi connectivity index (χ4v) is 3.35. The summed E-state index contributed by atoms with van der Waals surface area (Å²) in [6.45, 7) is 6.26. The minimum Gasteiger partial charge on any atom is -0.493 e. The number of benzene rings is 1. The summed E-state index contributed by atoms with van der Waals surface area (Å²) < 4.78 is 16.2. The standard InChI is InChI=1S/C19H29N3O3S/c1-23-17-6-3-15(13-18(17)24-2)14-22(19(26)20-16-4-5-16)8-7-21-9-11-25-12-10-21/h3,6,13,16H,4-5,7-12,14H2,1-2H3,(H,20,26). The summed E-state index contributed by atoms with van der Waals surface area (Å²) in [6, 6.07) is 6.60. The second-order valence-corrected chi connectivity index (χ2v) is 7.18. The summed E-state index contributed by atoms with van der Waals surface area (Å²) >= 11 is 5.68. The molecule has 0 radical (unpaired) electrons. The average Bonchev–Trinajstić information content (AvgIpc) is 3.49. The molecule has 1 saturated carbocycles. The third-order valence-electron chi connectivity index (χ3n) is 4.80. The van der Waals surface area contributed by atoms with E-state index in [1.807, 2.05) is 12.1 Å². The van der Waals surface area contributed by atoms with Crippen LogP contribution < -0.4 is 14.8 Å². The number of rotatable bonds is 8. The van der Waals surface area contributed by atoms with Gasteiger partial charge in [-0.1, -0.05) is 6.07 Å². The lowest BCUT2D eigenvalue weighted by Gasteiger charge is -2.31. The molecule has 1 heterocycles. The molecule has 0 aromatic heterocycles. The maximum absolute atomic E-state index is 5.68. The Morgan fingerprint density at radius 1 is 1.23 bits per heavy atom. The monoisotopic (exact) mass is 379 g/mol. The molecule has 0 bridgehead atoms. The zero-order chi connectivity index (χ0) is 18.4. The summed E-state index contributed by atoms with van der Waals surface area (Å²) in [5.41, 5.74) is 1.16. The van der Waals surface area contributed by atoms with Gasteiger partial charge in [-0.3, -0.25) is 4.90 Å². The van der Waals surface area contributed by atoms with Gasteiger partial charge in [0.1, 0.15) is 0 Å². The average molecular weight is 380 g/mol. The molecule has 0 amide bonds. The summed E-state index contributed by atoms with van der Waals surface area (Å²) in [4.78, 5) is 4.69. The van der Waals surface area contributed by atoms with E-state index in [2.05, 4.69) is 21.2 Å². The van der Waals surface area contributed by atoms with Crippen LogP contribution in [0.3, 0.4) is 0 Å². The maximum Gasteiger partial charge on any atom is 0.169 e. The molecular weight excluding hydrogens is 350 g/mol. The minimum atomic E-state index is 0.554. The topological polar surface area (TPSA) is 46.2 Å². The van der Waals surface area contributed by atoms with Crippen LogP contribution in [0, 0.1) is 0 Å². The van der Waals surface area contributed by atoms with E-state index in [9.17, 15) is 0 Å². The molecule has 144 valence electrons. The molecule has 1 aliphatic carbocycles. The maximum atomic E-state index is 5.68. The van der Waals surface area contributed by atoms with Crippen molar-refractivity contribution in [2.45, 2.75) is 25.4 Å². The molecule has 7 heteroatoms. The Morgan fingerprint density at radius 3 is 2.62 bits per heavy atom. The highest BCUT2D eigenvalue weighted by atomic mass is 32.1.